The zero-order valence-electron chi connectivity index (χ0n) is 11.6. The molecule has 0 saturated carbocycles. The molecule has 0 fully saturated rings. The Morgan fingerprint density at radius 2 is 1.76 bits per heavy atom. The Morgan fingerprint density at radius 1 is 1.05 bits per heavy atom. The van der Waals surface area contributed by atoms with E-state index in [1.807, 2.05) is 30.3 Å². The second-order valence-corrected chi connectivity index (χ2v) is 4.60. The third-order valence-electron chi connectivity index (χ3n) is 2.97. The molecule has 3 N–H and O–H groups in total. The number of benzene rings is 2. The Morgan fingerprint density at radius 3 is 2.38 bits per heavy atom. The quantitative estimate of drug-likeness (QED) is 0.789. The average Bonchev–Trinajstić information content (AvgIpc) is 2.46. The summed E-state index contributed by atoms with van der Waals surface area (Å²) in [7, 11) is 0. The molecule has 0 atom stereocenters. The van der Waals surface area contributed by atoms with E-state index in [4.69, 9.17) is 5.11 Å². The van der Waals surface area contributed by atoms with Gasteiger partial charge in [0, 0.05) is 11.4 Å². The molecular weight excluding hydrogens is 268 g/mol. The van der Waals surface area contributed by atoms with Crippen molar-refractivity contribution in [3.63, 3.8) is 0 Å². The maximum absolute atomic E-state index is 11.8. The number of amides is 1. The van der Waals surface area contributed by atoms with Crippen molar-refractivity contribution in [1.82, 2.24) is 0 Å². The summed E-state index contributed by atoms with van der Waals surface area (Å²) >= 11 is 0. The minimum absolute atomic E-state index is 0.143. The van der Waals surface area contributed by atoms with Crippen LogP contribution in [0.1, 0.15) is 15.9 Å². The van der Waals surface area contributed by atoms with Gasteiger partial charge in [-0.25, -0.2) is 4.79 Å². The molecular formula is C16H16N2O3. The molecule has 21 heavy (non-hydrogen) atoms. The van der Waals surface area contributed by atoms with Gasteiger partial charge in [-0.3, -0.25) is 4.79 Å². The second kappa shape index (κ2) is 6.56. The Labute approximate surface area is 122 Å². The predicted octanol–water partition coefficient (Wildman–Crippen LogP) is 2.74. The molecule has 108 valence electrons. The molecule has 5 nitrogen and oxygen atoms in total. The summed E-state index contributed by atoms with van der Waals surface area (Å²) in [6.07, 6.45) is 0. The fraction of sp³-hybridized carbons (Fsp3) is 0.125. The van der Waals surface area contributed by atoms with Gasteiger partial charge in [-0.15, -0.1) is 0 Å². The van der Waals surface area contributed by atoms with Crippen LogP contribution >= 0.6 is 0 Å². The molecule has 0 spiro atoms. The lowest BCUT2D eigenvalue weighted by atomic mass is 10.1. The molecule has 0 aliphatic heterocycles. The van der Waals surface area contributed by atoms with Crippen molar-refractivity contribution in [2.24, 2.45) is 0 Å². The Balaban J connectivity index is 1.94. The Hall–Kier alpha value is -2.82. The number of carbonyl (C=O) groups excluding carboxylic acids is 1. The summed E-state index contributed by atoms with van der Waals surface area (Å²) in [5, 5.41) is 14.7. The summed E-state index contributed by atoms with van der Waals surface area (Å²) in [4.78, 5) is 22.7. The van der Waals surface area contributed by atoms with Gasteiger partial charge in [0.15, 0.2) is 0 Å². The van der Waals surface area contributed by atoms with Gasteiger partial charge in [0.25, 0.3) is 0 Å². The van der Waals surface area contributed by atoms with Gasteiger partial charge in [0.2, 0.25) is 5.91 Å². The molecule has 0 aliphatic carbocycles. The van der Waals surface area contributed by atoms with Crippen LogP contribution in [0.4, 0.5) is 11.4 Å². The first-order valence-corrected chi connectivity index (χ1v) is 6.49. The van der Waals surface area contributed by atoms with Gasteiger partial charge in [-0.1, -0.05) is 18.2 Å². The van der Waals surface area contributed by atoms with Crippen LogP contribution in [0.5, 0.6) is 0 Å². The molecule has 2 aromatic carbocycles. The van der Waals surface area contributed by atoms with E-state index in [2.05, 4.69) is 10.6 Å². The van der Waals surface area contributed by atoms with Crippen LogP contribution in [0.2, 0.25) is 0 Å². The highest BCUT2D eigenvalue weighted by Gasteiger charge is 2.08. The van der Waals surface area contributed by atoms with Gasteiger partial charge < -0.3 is 15.7 Å². The number of para-hydroxylation sites is 1. The first kappa shape index (κ1) is 14.6. The summed E-state index contributed by atoms with van der Waals surface area (Å²) in [6.45, 7) is 1.84. The van der Waals surface area contributed by atoms with E-state index < -0.39 is 5.97 Å². The highest BCUT2D eigenvalue weighted by Crippen LogP contribution is 2.15. The SMILES string of the molecule is Cc1cc(NC(=O)CNc2ccccc2)ccc1C(=O)O. The van der Waals surface area contributed by atoms with Crippen LogP contribution in [0.3, 0.4) is 0 Å². The van der Waals surface area contributed by atoms with Crippen LogP contribution in [0, 0.1) is 6.92 Å². The van der Waals surface area contributed by atoms with E-state index in [9.17, 15) is 9.59 Å². The van der Waals surface area contributed by atoms with Crippen LogP contribution in [-0.4, -0.2) is 23.5 Å². The largest absolute Gasteiger partial charge is 0.478 e. The third-order valence-corrected chi connectivity index (χ3v) is 2.97. The maximum Gasteiger partial charge on any atom is 0.335 e. The summed E-state index contributed by atoms with van der Waals surface area (Å²) < 4.78 is 0. The van der Waals surface area contributed by atoms with Crippen LogP contribution in [-0.2, 0) is 4.79 Å². The van der Waals surface area contributed by atoms with Crippen molar-refractivity contribution in [2.45, 2.75) is 6.92 Å². The van der Waals surface area contributed by atoms with E-state index >= 15 is 0 Å². The smallest absolute Gasteiger partial charge is 0.335 e. The Kier molecular flexibility index (Phi) is 4.56. The molecule has 0 saturated heterocycles. The fourth-order valence-electron chi connectivity index (χ4n) is 1.92. The molecule has 2 rings (SSSR count). The molecule has 0 radical (unpaired) electrons. The fourth-order valence-corrected chi connectivity index (χ4v) is 1.92. The molecule has 0 aromatic heterocycles. The summed E-state index contributed by atoms with van der Waals surface area (Å²) in [6, 6.07) is 14.1. The van der Waals surface area contributed by atoms with E-state index in [-0.39, 0.29) is 18.0 Å². The first-order valence-electron chi connectivity index (χ1n) is 6.49. The van der Waals surface area contributed by atoms with Crippen LogP contribution < -0.4 is 10.6 Å². The van der Waals surface area contributed by atoms with E-state index in [1.165, 1.54) is 6.07 Å². The van der Waals surface area contributed by atoms with Crippen molar-refractivity contribution in [3.8, 4) is 0 Å². The first-order chi connectivity index (χ1) is 10.1. The summed E-state index contributed by atoms with van der Waals surface area (Å²) in [5.41, 5.74) is 2.29. The highest BCUT2D eigenvalue weighted by atomic mass is 16.4. The Bertz CT molecular complexity index is 654. The normalized spacial score (nSPS) is 9.95. The van der Waals surface area contributed by atoms with E-state index in [0.717, 1.165) is 5.69 Å². The third kappa shape index (κ3) is 4.07. The lowest BCUT2D eigenvalue weighted by molar-refractivity contribution is -0.114. The number of hydrogen-bond donors (Lipinski definition) is 3. The monoisotopic (exact) mass is 284 g/mol. The minimum atomic E-state index is -0.976. The zero-order valence-corrected chi connectivity index (χ0v) is 11.6. The lowest BCUT2D eigenvalue weighted by Gasteiger charge is -2.09. The highest BCUT2D eigenvalue weighted by molar-refractivity contribution is 5.95. The molecule has 1 amide bonds. The summed E-state index contributed by atoms with van der Waals surface area (Å²) in [5.74, 6) is -1.17. The van der Waals surface area contributed by atoms with Gasteiger partial charge in [0.05, 0.1) is 12.1 Å². The molecule has 5 heteroatoms. The van der Waals surface area contributed by atoms with Crippen LogP contribution in [0.25, 0.3) is 0 Å². The van der Waals surface area contributed by atoms with E-state index in [1.54, 1.807) is 19.1 Å². The van der Waals surface area contributed by atoms with Gasteiger partial charge in [0.1, 0.15) is 0 Å². The number of nitrogens with one attached hydrogen (secondary N) is 2. The van der Waals surface area contributed by atoms with Gasteiger partial charge in [-0.05, 0) is 42.8 Å². The number of aryl methyl sites for hydroxylation is 1. The predicted molar refractivity (Wildman–Crippen MR) is 81.7 cm³/mol. The van der Waals surface area contributed by atoms with Crippen molar-refractivity contribution in [1.29, 1.82) is 0 Å². The number of carboxylic acid groups (broad SMARTS) is 1. The maximum atomic E-state index is 11.8. The number of carboxylic acids is 1. The van der Waals surface area contributed by atoms with Gasteiger partial charge >= 0.3 is 5.97 Å². The number of carbonyl (C=O) groups is 2. The van der Waals surface area contributed by atoms with E-state index in [0.29, 0.717) is 11.3 Å². The van der Waals surface area contributed by atoms with Gasteiger partial charge in [-0.2, -0.15) is 0 Å². The molecule has 0 bridgehead atoms. The van der Waals surface area contributed by atoms with Crippen molar-refractivity contribution < 1.29 is 14.7 Å². The average molecular weight is 284 g/mol. The standard InChI is InChI=1S/C16H16N2O3/c1-11-9-13(7-8-14(11)16(20)21)18-15(19)10-17-12-5-3-2-4-6-12/h2-9,17H,10H2,1H3,(H,18,19)(H,20,21). The number of hydrogen-bond acceptors (Lipinski definition) is 3. The molecule has 2 aromatic rings. The number of rotatable bonds is 5. The molecule has 0 unspecified atom stereocenters. The minimum Gasteiger partial charge on any atom is -0.478 e. The van der Waals surface area contributed by atoms with Crippen LogP contribution in [0.15, 0.2) is 48.5 Å². The zero-order chi connectivity index (χ0) is 15.2. The molecule has 0 heterocycles. The van der Waals surface area contributed by atoms with Crippen molar-refractivity contribution in [3.05, 3.63) is 59.7 Å². The van der Waals surface area contributed by atoms with Crippen molar-refractivity contribution in [2.75, 3.05) is 17.2 Å². The second-order valence-electron chi connectivity index (χ2n) is 4.60. The lowest BCUT2D eigenvalue weighted by Crippen LogP contribution is -2.21. The van der Waals surface area contributed by atoms with Crippen molar-refractivity contribution >= 4 is 23.3 Å². The molecule has 0 aliphatic rings. The number of anilines is 2. The topological polar surface area (TPSA) is 78.4 Å². The number of aromatic carboxylic acids is 1.